The molecule has 0 aliphatic carbocycles. The number of ether oxygens (including phenoxy) is 1. The fourth-order valence-corrected chi connectivity index (χ4v) is 5.89. The van der Waals surface area contributed by atoms with Gasteiger partial charge in [-0.05, 0) is 56.6 Å². The minimum Gasteiger partial charge on any atom is -0.438 e. The number of hydrogen-bond acceptors (Lipinski definition) is 7. The van der Waals surface area contributed by atoms with E-state index in [0.29, 0.717) is 5.56 Å². The Hall–Kier alpha value is -4.11. The quantitative estimate of drug-likeness (QED) is 0.234. The highest BCUT2D eigenvalue weighted by molar-refractivity contribution is 7.92. The van der Waals surface area contributed by atoms with E-state index in [0.717, 1.165) is 31.1 Å². The molecule has 15 heteroatoms. The van der Waals surface area contributed by atoms with Crippen LogP contribution in [0.25, 0.3) is 11.3 Å². The molecule has 5 rings (SSSR count). The van der Waals surface area contributed by atoms with E-state index in [1.807, 2.05) is 7.05 Å². The number of sulfonamides is 1. The molecule has 0 amide bonds. The molecule has 43 heavy (non-hydrogen) atoms. The van der Waals surface area contributed by atoms with Gasteiger partial charge in [0, 0.05) is 24.8 Å². The zero-order chi connectivity index (χ0) is 31.2. The van der Waals surface area contributed by atoms with E-state index in [2.05, 4.69) is 24.7 Å². The second-order valence-corrected chi connectivity index (χ2v) is 11.9. The van der Waals surface area contributed by atoms with Crippen LogP contribution in [-0.4, -0.2) is 52.8 Å². The average molecular weight is 623 g/mol. The molecule has 1 atom stereocenters. The molecule has 1 N–H and O–H groups in total. The van der Waals surface area contributed by atoms with Crippen molar-refractivity contribution in [3.8, 4) is 22.9 Å². The van der Waals surface area contributed by atoms with E-state index in [-0.39, 0.29) is 22.3 Å². The standard InChI is InChI=1S/C28H27F5N6O3S/c1-17-8-4-5-11-21(17)24-23(27(29,30)28(31,32)33)25(36-26(35-24)37-43(40,41)20-15-34-39(3)16-20)42-19-10-6-9-18(14-19)22-12-7-13-38(22)2/h4-6,8-11,14-16,22H,7,12-13H2,1-3H3,(H,35,36,37). The molecule has 2 aromatic carbocycles. The number of likely N-dealkylation sites (tertiary alicyclic amines) is 1. The van der Waals surface area contributed by atoms with Gasteiger partial charge in [-0.15, -0.1) is 0 Å². The van der Waals surface area contributed by atoms with Crippen molar-refractivity contribution in [2.75, 3.05) is 18.3 Å². The van der Waals surface area contributed by atoms with E-state index in [1.54, 1.807) is 18.2 Å². The van der Waals surface area contributed by atoms with Crippen LogP contribution in [-0.2, 0) is 23.0 Å². The Kier molecular flexibility index (Phi) is 7.90. The third-order valence-corrected chi connectivity index (χ3v) is 8.42. The second-order valence-electron chi connectivity index (χ2n) is 10.2. The van der Waals surface area contributed by atoms with Crippen LogP contribution in [0, 0.1) is 6.92 Å². The lowest BCUT2D eigenvalue weighted by Crippen LogP contribution is -2.35. The predicted octanol–water partition coefficient (Wildman–Crippen LogP) is 6.20. The van der Waals surface area contributed by atoms with E-state index >= 15 is 8.78 Å². The Morgan fingerprint density at radius 3 is 2.40 bits per heavy atom. The second kappa shape index (κ2) is 11.2. The molecule has 0 saturated carbocycles. The number of nitrogens with one attached hydrogen (secondary N) is 1. The van der Waals surface area contributed by atoms with Crippen LogP contribution in [0.3, 0.4) is 0 Å². The number of nitrogens with zero attached hydrogens (tertiary/aromatic N) is 5. The number of benzene rings is 2. The first-order chi connectivity index (χ1) is 20.2. The minimum atomic E-state index is -6.06. The summed E-state index contributed by atoms with van der Waals surface area (Å²) in [6.07, 6.45) is -2.11. The van der Waals surface area contributed by atoms with Crippen LogP contribution in [0.4, 0.5) is 27.9 Å². The summed E-state index contributed by atoms with van der Waals surface area (Å²) in [5.41, 5.74) is -1.52. The van der Waals surface area contributed by atoms with Crippen molar-refractivity contribution in [3.63, 3.8) is 0 Å². The lowest BCUT2D eigenvalue weighted by molar-refractivity contribution is -0.289. The highest BCUT2D eigenvalue weighted by Gasteiger charge is 2.62. The summed E-state index contributed by atoms with van der Waals surface area (Å²) in [5.74, 6) is -7.47. The first kappa shape index (κ1) is 30.4. The smallest absolute Gasteiger partial charge is 0.438 e. The maximum Gasteiger partial charge on any atom is 0.458 e. The zero-order valence-electron chi connectivity index (χ0n) is 23.2. The number of aryl methyl sites for hydroxylation is 2. The molecule has 4 aromatic rings. The van der Waals surface area contributed by atoms with Gasteiger partial charge in [0.25, 0.3) is 10.0 Å². The summed E-state index contributed by atoms with van der Waals surface area (Å²) in [6, 6.07) is 12.1. The molecule has 3 heterocycles. The SMILES string of the molecule is Cc1ccccc1-c1nc(NS(=O)(=O)c2cnn(C)c2)nc(Oc2cccc(C3CCCN3C)c2)c1C(F)(F)C(F)(F)F. The lowest BCUT2D eigenvalue weighted by atomic mass is 9.98. The minimum absolute atomic E-state index is 0.00517. The van der Waals surface area contributed by atoms with Gasteiger partial charge in [0.1, 0.15) is 16.2 Å². The monoisotopic (exact) mass is 622 g/mol. The lowest BCUT2D eigenvalue weighted by Gasteiger charge is -2.25. The molecule has 1 fully saturated rings. The van der Waals surface area contributed by atoms with Gasteiger partial charge in [0.05, 0.1) is 11.9 Å². The first-order valence-corrected chi connectivity index (χ1v) is 14.6. The Morgan fingerprint density at radius 1 is 1.02 bits per heavy atom. The van der Waals surface area contributed by atoms with Crippen LogP contribution in [0.1, 0.15) is 35.6 Å². The molecule has 0 bridgehead atoms. The number of alkyl halides is 5. The number of anilines is 1. The molecular weight excluding hydrogens is 595 g/mol. The third-order valence-electron chi connectivity index (χ3n) is 7.14. The van der Waals surface area contributed by atoms with Gasteiger partial charge in [-0.1, -0.05) is 36.4 Å². The van der Waals surface area contributed by atoms with Crippen molar-refractivity contribution in [2.45, 2.75) is 42.8 Å². The molecule has 0 radical (unpaired) electrons. The molecule has 1 unspecified atom stereocenters. The Morgan fingerprint density at radius 2 is 1.77 bits per heavy atom. The molecule has 1 aliphatic rings. The molecule has 1 saturated heterocycles. The number of rotatable bonds is 8. The summed E-state index contributed by atoms with van der Waals surface area (Å²) >= 11 is 0. The largest absolute Gasteiger partial charge is 0.458 e. The van der Waals surface area contributed by atoms with Crippen LogP contribution in [0.15, 0.2) is 65.8 Å². The average Bonchev–Trinajstić information content (AvgIpc) is 3.56. The summed E-state index contributed by atoms with van der Waals surface area (Å²) in [4.78, 5) is 9.46. The predicted molar refractivity (Wildman–Crippen MR) is 147 cm³/mol. The van der Waals surface area contributed by atoms with Gasteiger partial charge < -0.3 is 4.74 Å². The normalized spacial score (nSPS) is 16.4. The van der Waals surface area contributed by atoms with Crippen LogP contribution in [0.2, 0.25) is 0 Å². The van der Waals surface area contributed by atoms with E-state index in [1.165, 1.54) is 55.2 Å². The van der Waals surface area contributed by atoms with Gasteiger partial charge in [-0.25, -0.2) is 18.1 Å². The van der Waals surface area contributed by atoms with Crippen LogP contribution < -0.4 is 9.46 Å². The molecule has 9 nitrogen and oxygen atoms in total. The fraction of sp³-hybridized carbons (Fsp3) is 0.321. The van der Waals surface area contributed by atoms with Gasteiger partial charge in [0.2, 0.25) is 11.8 Å². The topological polar surface area (TPSA) is 102 Å². The number of halogens is 5. The Bertz CT molecular complexity index is 1760. The van der Waals surface area contributed by atoms with Crippen molar-refractivity contribution in [3.05, 3.63) is 77.6 Å². The molecular formula is C28H27F5N6O3S. The van der Waals surface area contributed by atoms with Crippen molar-refractivity contribution in [2.24, 2.45) is 7.05 Å². The van der Waals surface area contributed by atoms with E-state index in [4.69, 9.17) is 4.74 Å². The van der Waals surface area contributed by atoms with E-state index in [9.17, 15) is 21.6 Å². The summed E-state index contributed by atoms with van der Waals surface area (Å²) in [6.45, 7) is 2.33. The van der Waals surface area contributed by atoms with Crippen molar-refractivity contribution >= 4 is 16.0 Å². The number of aromatic nitrogens is 4. The first-order valence-electron chi connectivity index (χ1n) is 13.1. The van der Waals surface area contributed by atoms with Gasteiger partial charge in [0.15, 0.2) is 0 Å². The van der Waals surface area contributed by atoms with Crippen molar-refractivity contribution in [1.29, 1.82) is 0 Å². The molecule has 228 valence electrons. The van der Waals surface area contributed by atoms with Crippen molar-refractivity contribution in [1.82, 2.24) is 24.6 Å². The summed E-state index contributed by atoms with van der Waals surface area (Å²) in [7, 11) is -1.02. The summed E-state index contributed by atoms with van der Waals surface area (Å²) < 4.78 is 108. The van der Waals surface area contributed by atoms with Crippen molar-refractivity contribution < 1.29 is 35.1 Å². The maximum atomic E-state index is 15.4. The highest BCUT2D eigenvalue weighted by atomic mass is 32.2. The van der Waals surface area contributed by atoms with E-state index < -0.39 is 45.2 Å². The van der Waals surface area contributed by atoms with Gasteiger partial charge in [-0.3, -0.25) is 9.58 Å². The molecule has 0 spiro atoms. The Labute approximate surface area is 244 Å². The maximum absolute atomic E-state index is 15.4. The van der Waals surface area contributed by atoms with Crippen LogP contribution >= 0.6 is 0 Å². The highest BCUT2D eigenvalue weighted by Crippen LogP contribution is 2.51. The molecule has 2 aromatic heterocycles. The van der Waals surface area contributed by atoms with Crippen LogP contribution in [0.5, 0.6) is 11.6 Å². The Balaban J connectivity index is 1.72. The van der Waals surface area contributed by atoms with Gasteiger partial charge in [-0.2, -0.15) is 32.0 Å². The fourth-order valence-electron chi connectivity index (χ4n) is 4.96. The molecule has 1 aliphatic heterocycles. The third kappa shape index (κ3) is 6.04. The van der Waals surface area contributed by atoms with Gasteiger partial charge >= 0.3 is 12.1 Å². The number of hydrogen-bond donors (Lipinski definition) is 1. The zero-order valence-corrected chi connectivity index (χ0v) is 24.0. The summed E-state index contributed by atoms with van der Waals surface area (Å²) in [5, 5.41) is 3.80.